The third kappa shape index (κ3) is 2.22. The number of ether oxygens (including phenoxy) is 1. The van der Waals surface area contributed by atoms with E-state index in [0.717, 1.165) is 22.4 Å². The quantitative estimate of drug-likeness (QED) is 0.752. The highest BCUT2D eigenvalue weighted by molar-refractivity contribution is 7.80. The van der Waals surface area contributed by atoms with Gasteiger partial charge in [0.05, 0.1) is 7.11 Å². The van der Waals surface area contributed by atoms with Crippen LogP contribution in [0.2, 0.25) is 0 Å². The SMILES string of the molecule is COc1cc(C)c(C(N)CS)cc1C. The van der Waals surface area contributed by atoms with Gasteiger partial charge in [0.1, 0.15) is 5.75 Å². The van der Waals surface area contributed by atoms with Gasteiger partial charge in [-0.3, -0.25) is 0 Å². The molecule has 3 heteroatoms. The smallest absolute Gasteiger partial charge is 0.122 e. The first-order valence-corrected chi connectivity index (χ1v) is 5.25. The second-order valence-electron chi connectivity index (χ2n) is 3.47. The van der Waals surface area contributed by atoms with E-state index in [1.54, 1.807) is 7.11 Å². The van der Waals surface area contributed by atoms with Crippen LogP contribution in [0.25, 0.3) is 0 Å². The molecule has 14 heavy (non-hydrogen) atoms. The highest BCUT2D eigenvalue weighted by Crippen LogP contribution is 2.25. The lowest BCUT2D eigenvalue weighted by Crippen LogP contribution is -2.13. The van der Waals surface area contributed by atoms with Crippen LogP contribution in [0.5, 0.6) is 5.75 Å². The van der Waals surface area contributed by atoms with Crippen LogP contribution in [-0.2, 0) is 0 Å². The molecule has 1 unspecified atom stereocenters. The molecular weight excluding hydrogens is 194 g/mol. The monoisotopic (exact) mass is 211 g/mol. The Morgan fingerprint density at radius 2 is 2.00 bits per heavy atom. The van der Waals surface area contributed by atoms with Gasteiger partial charge >= 0.3 is 0 Å². The number of methoxy groups -OCH3 is 1. The van der Waals surface area contributed by atoms with E-state index >= 15 is 0 Å². The highest BCUT2D eigenvalue weighted by Gasteiger charge is 2.10. The van der Waals surface area contributed by atoms with Crippen molar-refractivity contribution in [3.05, 3.63) is 28.8 Å². The average molecular weight is 211 g/mol. The van der Waals surface area contributed by atoms with Crippen LogP contribution in [0.15, 0.2) is 12.1 Å². The molecule has 0 heterocycles. The standard InChI is InChI=1S/C11H17NOS/c1-7-5-11(13-3)8(2)4-9(7)10(12)6-14/h4-5,10,14H,6,12H2,1-3H3. The summed E-state index contributed by atoms with van der Waals surface area (Å²) < 4.78 is 5.23. The summed E-state index contributed by atoms with van der Waals surface area (Å²) >= 11 is 4.20. The summed E-state index contributed by atoms with van der Waals surface area (Å²) in [5.74, 6) is 1.57. The molecule has 0 spiro atoms. The molecule has 0 radical (unpaired) electrons. The number of hydrogen-bond donors (Lipinski definition) is 2. The van der Waals surface area contributed by atoms with Gasteiger partial charge in [-0.25, -0.2) is 0 Å². The fourth-order valence-electron chi connectivity index (χ4n) is 1.53. The summed E-state index contributed by atoms with van der Waals surface area (Å²) in [4.78, 5) is 0. The Bertz CT molecular complexity index is 325. The van der Waals surface area contributed by atoms with Crippen molar-refractivity contribution in [1.82, 2.24) is 0 Å². The molecule has 0 aliphatic carbocycles. The van der Waals surface area contributed by atoms with E-state index in [-0.39, 0.29) is 6.04 Å². The summed E-state index contributed by atoms with van der Waals surface area (Å²) in [7, 11) is 1.68. The molecule has 1 atom stereocenters. The number of benzene rings is 1. The van der Waals surface area contributed by atoms with Gasteiger partial charge in [-0.2, -0.15) is 12.6 Å². The van der Waals surface area contributed by atoms with E-state index in [1.807, 2.05) is 19.9 Å². The molecule has 0 saturated heterocycles. The van der Waals surface area contributed by atoms with E-state index in [9.17, 15) is 0 Å². The van der Waals surface area contributed by atoms with E-state index in [0.29, 0.717) is 5.75 Å². The zero-order valence-corrected chi connectivity index (χ0v) is 9.77. The van der Waals surface area contributed by atoms with E-state index in [2.05, 4.69) is 18.7 Å². The lowest BCUT2D eigenvalue weighted by Gasteiger charge is -2.15. The number of aryl methyl sites for hydroxylation is 2. The topological polar surface area (TPSA) is 35.2 Å². The zero-order chi connectivity index (χ0) is 10.7. The van der Waals surface area contributed by atoms with Gasteiger partial charge in [0.25, 0.3) is 0 Å². The van der Waals surface area contributed by atoms with E-state index in [4.69, 9.17) is 10.5 Å². The molecule has 0 fully saturated rings. The molecule has 2 N–H and O–H groups in total. The minimum absolute atomic E-state index is 0.00272. The van der Waals surface area contributed by atoms with Crippen molar-refractivity contribution in [3.8, 4) is 5.75 Å². The molecule has 0 aliphatic heterocycles. The van der Waals surface area contributed by atoms with Gasteiger partial charge in [-0.1, -0.05) is 6.07 Å². The minimum atomic E-state index is 0.00272. The number of hydrogen-bond acceptors (Lipinski definition) is 3. The summed E-state index contributed by atoms with van der Waals surface area (Å²) in [6, 6.07) is 4.10. The molecule has 2 nitrogen and oxygen atoms in total. The molecule has 0 bridgehead atoms. The summed E-state index contributed by atoms with van der Waals surface area (Å²) in [6.07, 6.45) is 0. The van der Waals surface area contributed by atoms with Gasteiger partial charge in [0, 0.05) is 11.8 Å². The van der Waals surface area contributed by atoms with Crippen LogP contribution < -0.4 is 10.5 Å². The van der Waals surface area contributed by atoms with Gasteiger partial charge in [-0.05, 0) is 36.6 Å². The zero-order valence-electron chi connectivity index (χ0n) is 8.87. The van der Waals surface area contributed by atoms with Gasteiger partial charge in [-0.15, -0.1) is 0 Å². The van der Waals surface area contributed by atoms with E-state index in [1.165, 1.54) is 0 Å². The van der Waals surface area contributed by atoms with Crippen LogP contribution >= 0.6 is 12.6 Å². The lowest BCUT2D eigenvalue weighted by atomic mass is 10.00. The fraction of sp³-hybridized carbons (Fsp3) is 0.455. The number of rotatable bonds is 3. The van der Waals surface area contributed by atoms with E-state index < -0.39 is 0 Å². The van der Waals surface area contributed by atoms with Crippen LogP contribution in [0.4, 0.5) is 0 Å². The molecule has 1 aromatic carbocycles. The normalized spacial score (nSPS) is 12.6. The Kier molecular flexibility index (Phi) is 3.84. The highest BCUT2D eigenvalue weighted by atomic mass is 32.1. The van der Waals surface area contributed by atoms with Crippen molar-refractivity contribution in [2.24, 2.45) is 5.73 Å². The van der Waals surface area contributed by atoms with Crippen molar-refractivity contribution >= 4 is 12.6 Å². The van der Waals surface area contributed by atoms with Crippen LogP contribution in [0.1, 0.15) is 22.7 Å². The summed E-state index contributed by atoms with van der Waals surface area (Å²) in [5.41, 5.74) is 9.37. The summed E-state index contributed by atoms with van der Waals surface area (Å²) in [6.45, 7) is 4.06. The molecule has 0 saturated carbocycles. The first-order valence-electron chi connectivity index (χ1n) is 4.61. The number of thiol groups is 1. The largest absolute Gasteiger partial charge is 0.496 e. The van der Waals surface area contributed by atoms with Crippen LogP contribution in [0, 0.1) is 13.8 Å². The Labute approximate surface area is 90.9 Å². The van der Waals surface area contributed by atoms with Crippen LogP contribution in [0.3, 0.4) is 0 Å². The first kappa shape index (κ1) is 11.4. The van der Waals surface area contributed by atoms with Gasteiger partial charge in [0.2, 0.25) is 0 Å². The molecule has 0 aromatic heterocycles. The third-order valence-electron chi connectivity index (χ3n) is 2.38. The van der Waals surface area contributed by atoms with Crippen molar-refractivity contribution < 1.29 is 4.74 Å². The molecule has 78 valence electrons. The minimum Gasteiger partial charge on any atom is -0.496 e. The molecular formula is C11H17NOS. The first-order chi connectivity index (χ1) is 6.60. The predicted octanol–water partition coefficient (Wildman–Crippen LogP) is 2.24. The third-order valence-corrected chi connectivity index (χ3v) is 2.77. The van der Waals surface area contributed by atoms with Crippen molar-refractivity contribution in [1.29, 1.82) is 0 Å². The fourth-order valence-corrected chi connectivity index (χ4v) is 1.73. The second kappa shape index (κ2) is 4.71. The maximum absolute atomic E-state index is 5.94. The number of nitrogens with two attached hydrogens (primary N) is 1. The Morgan fingerprint density at radius 3 is 2.50 bits per heavy atom. The molecule has 0 aliphatic rings. The lowest BCUT2D eigenvalue weighted by molar-refractivity contribution is 0.411. The average Bonchev–Trinajstić information content (AvgIpc) is 2.19. The Morgan fingerprint density at radius 1 is 1.36 bits per heavy atom. The Hall–Kier alpha value is -0.670. The van der Waals surface area contributed by atoms with Gasteiger partial charge in [0.15, 0.2) is 0 Å². The van der Waals surface area contributed by atoms with Crippen molar-refractivity contribution in [2.75, 3.05) is 12.9 Å². The molecule has 0 amide bonds. The molecule has 1 aromatic rings. The van der Waals surface area contributed by atoms with Gasteiger partial charge < -0.3 is 10.5 Å². The van der Waals surface area contributed by atoms with Crippen molar-refractivity contribution in [3.63, 3.8) is 0 Å². The second-order valence-corrected chi connectivity index (χ2v) is 3.83. The van der Waals surface area contributed by atoms with Crippen molar-refractivity contribution in [2.45, 2.75) is 19.9 Å². The molecule has 1 rings (SSSR count). The summed E-state index contributed by atoms with van der Waals surface area (Å²) in [5, 5.41) is 0. The maximum Gasteiger partial charge on any atom is 0.122 e. The predicted molar refractivity (Wildman–Crippen MR) is 63.2 cm³/mol. The maximum atomic E-state index is 5.94. The Balaban J connectivity index is 3.14. The van der Waals surface area contributed by atoms with Crippen LogP contribution in [-0.4, -0.2) is 12.9 Å².